The molecule has 0 aliphatic heterocycles. The molecule has 14 heavy (non-hydrogen) atoms. The fraction of sp³-hybridized carbons (Fsp3) is 0. The largest absolute Gasteiger partial charge is 0.374 e. The first-order valence-corrected chi connectivity index (χ1v) is 4.47. The molecule has 72 valence electrons. The topological polar surface area (TPSA) is 110 Å². The Hall–Kier alpha value is -1.96. The molecule has 0 aliphatic rings. The lowest BCUT2D eigenvalue weighted by molar-refractivity contribution is 0.102. The maximum Gasteiger partial charge on any atom is 0.275 e. The van der Waals surface area contributed by atoms with Crippen LogP contribution in [0.4, 0.5) is 10.3 Å². The van der Waals surface area contributed by atoms with E-state index in [2.05, 4.69) is 25.7 Å². The van der Waals surface area contributed by atoms with E-state index < -0.39 is 0 Å². The van der Waals surface area contributed by atoms with Gasteiger partial charge in [0.15, 0.2) is 0 Å². The Morgan fingerprint density at radius 2 is 2.43 bits per heavy atom. The highest BCUT2D eigenvalue weighted by Crippen LogP contribution is 2.16. The number of amides is 1. The van der Waals surface area contributed by atoms with Gasteiger partial charge in [-0.25, -0.2) is 0 Å². The number of carbonyl (C=O) groups excluding carboxylic acids is 1. The van der Waals surface area contributed by atoms with Gasteiger partial charge in [0.2, 0.25) is 10.3 Å². The van der Waals surface area contributed by atoms with Crippen LogP contribution in [-0.4, -0.2) is 26.3 Å². The van der Waals surface area contributed by atoms with Crippen LogP contribution in [0.1, 0.15) is 10.5 Å². The summed E-state index contributed by atoms with van der Waals surface area (Å²) < 4.78 is 0. The van der Waals surface area contributed by atoms with E-state index >= 15 is 0 Å². The highest BCUT2D eigenvalue weighted by atomic mass is 32.1. The Balaban J connectivity index is 2.09. The number of anilines is 2. The predicted molar refractivity (Wildman–Crippen MR) is 50.9 cm³/mol. The Morgan fingerprint density at radius 1 is 1.57 bits per heavy atom. The number of rotatable bonds is 2. The van der Waals surface area contributed by atoms with Crippen LogP contribution in [0.15, 0.2) is 12.3 Å². The summed E-state index contributed by atoms with van der Waals surface area (Å²) in [5, 5.41) is 16.6. The number of H-pyrrole nitrogens is 1. The Bertz CT molecular complexity index is 435. The van der Waals surface area contributed by atoms with Gasteiger partial charge in [-0.05, 0) is 6.07 Å². The van der Waals surface area contributed by atoms with Crippen molar-refractivity contribution in [1.29, 1.82) is 0 Å². The third kappa shape index (κ3) is 1.69. The van der Waals surface area contributed by atoms with Crippen molar-refractivity contribution in [2.24, 2.45) is 0 Å². The second-order valence-electron chi connectivity index (χ2n) is 2.37. The molecule has 0 aromatic carbocycles. The summed E-state index contributed by atoms with van der Waals surface area (Å²) in [6.07, 6.45) is 1.49. The molecule has 2 aromatic heterocycles. The van der Waals surface area contributed by atoms with Gasteiger partial charge in [0.1, 0.15) is 5.69 Å². The van der Waals surface area contributed by atoms with Crippen molar-refractivity contribution in [2.45, 2.75) is 0 Å². The van der Waals surface area contributed by atoms with E-state index in [0.717, 1.165) is 11.3 Å². The van der Waals surface area contributed by atoms with Crippen molar-refractivity contribution < 1.29 is 4.79 Å². The first-order chi connectivity index (χ1) is 6.75. The minimum Gasteiger partial charge on any atom is -0.374 e. The monoisotopic (exact) mass is 210 g/mol. The smallest absolute Gasteiger partial charge is 0.275 e. The minimum atomic E-state index is -0.321. The summed E-state index contributed by atoms with van der Waals surface area (Å²) in [5.74, 6) is -0.321. The number of nitrogens with zero attached hydrogens (tertiary/aromatic N) is 3. The maximum atomic E-state index is 11.4. The molecule has 0 saturated heterocycles. The fourth-order valence-electron chi connectivity index (χ4n) is 0.832. The number of hydrogen-bond donors (Lipinski definition) is 3. The molecule has 2 heterocycles. The van der Waals surface area contributed by atoms with Gasteiger partial charge in [-0.1, -0.05) is 11.3 Å². The van der Waals surface area contributed by atoms with E-state index in [1.165, 1.54) is 6.20 Å². The van der Waals surface area contributed by atoms with Crippen LogP contribution in [0, 0.1) is 0 Å². The standard InChI is InChI=1S/C6H6N6OS/c7-5-11-12-6(14-5)9-4(13)3-1-2-8-10-3/h1-2H,(H2,7,11)(H,8,10)(H,9,12,13). The number of nitrogens with one attached hydrogen (secondary N) is 2. The lowest BCUT2D eigenvalue weighted by Gasteiger charge is -1.95. The summed E-state index contributed by atoms with van der Waals surface area (Å²) in [4.78, 5) is 11.4. The number of nitrogens with two attached hydrogens (primary N) is 1. The SMILES string of the molecule is Nc1nnc(NC(=O)c2ccn[nH]2)s1. The zero-order valence-corrected chi connectivity index (χ0v) is 7.71. The average molecular weight is 210 g/mol. The lowest BCUT2D eigenvalue weighted by Crippen LogP contribution is -2.12. The van der Waals surface area contributed by atoms with Crippen LogP contribution in [0.5, 0.6) is 0 Å². The highest BCUT2D eigenvalue weighted by molar-refractivity contribution is 7.19. The molecule has 1 amide bonds. The zero-order valence-electron chi connectivity index (χ0n) is 6.89. The van der Waals surface area contributed by atoms with Gasteiger partial charge >= 0.3 is 0 Å². The number of hydrogen-bond acceptors (Lipinski definition) is 6. The molecular weight excluding hydrogens is 204 g/mol. The van der Waals surface area contributed by atoms with Crippen LogP contribution in [0.3, 0.4) is 0 Å². The fourth-order valence-corrected chi connectivity index (χ4v) is 1.34. The van der Waals surface area contributed by atoms with Crippen LogP contribution in [-0.2, 0) is 0 Å². The summed E-state index contributed by atoms with van der Waals surface area (Å²) in [6, 6.07) is 1.56. The van der Waals surface area contributed by atoms with Crippen molar-refractivity contribution >= 4 is 27.5 Å². The Morgan fingerprint density at radius 3 is 3.00 bits per heavy atom. The predicted octanol–water partition coefficient (Wildman–Crippen LogP) is 0.0957. The Labute approximate surface area is 82.4 Å². The molecule has 0 bridgehead atoms. The van der Waals surface area contributed by atoms with Crippen LogP contribution in [0.2, 0.25) is 0 Å². The molecule has 2 rings (SSSR count). The lowest BCUT2D eigenvalue weighted by atomic mass is 10.4. The van der Waals surface area contributed by atoms with E-state index in [0.29, 0.717) is 16.0 Å². The molecule has 0 aliphatic carbocycles. The van der Waals surface area contributed by atoms with Gasteiger partial charge < -0.3 is 5.73 Å². The second kappa shape index (κ2) is 3.42. The van der Waals surface area contributed by atoms with Crippen molar-refractivity contribution in [2.75, 3.05) is 11.1 Å². The minimum absolute atomic E-state index is 0.310. The summed E-state index contributed by atoms with van der Waals surface area (Å²) in [7, 11) is 0. The quantitative estimate of drug-likeness (QED) is 0.651. The number of nitrogen functional groups attached to an aromatic ring is 1. The second-order valence-corrected chi connectivity index (χ2v) is 3.38. The number of aromatic nitrogens is 4. The number of aromatic amines is 1. The summed E-state index contributed by atoms with van der Waals surface area (Å²) in [5.41, 5.74) is 5.71. The van der Waals surface area contributed by atoms with Gasteiger partial charge in [-0.2, -0.15) is 5.10 Å². The first-order valence-electron chi connectivity index (χ1n) is 3.65. The Kier molecular flexibility index (Phi) is 2.11. The molecule has 4 N–H and O–H groups in total. The molecule has 8 heteroatoms. The molecule has 0 unspecified atom stereocenters. The molecule has 0 radical (unpaired) electrons. The van der Waals surface area contributed by atoms with Gasteiger partial charge in [-0.15, -0.1) is 10.2 Å². The third-order valence-electron chi connectivity index (χ3n) is 1.41. The molecular formula is C6H6N6OS. The average Bonchev–Trinajstić information content (AvgIpc) is 2.75. The van der Waals surface area contributed by atoms with Crippen molar-refractivity contribution in [3.8, 4) is 0 Å². The zero-order chi connectivity index (χ0) is 9.97. The van der Waals surface area contributed by atoms with E-state index in [-0.39, 0.29) is 5.91 Å². The van der Waals surface area contributed by atoms with E-state index in [1.54, 1.807) is 6.07 Å². The van der Waals surface area contributed by atoms with E-state index in [9.17, 15) is 4.79 Å². The highest BCUT2D eigenvalue weighted by Gasteiger charge is 2.09. The van der Waals surface area contributed by atoms with E-state index in [4.69, 9.17) is 5.73 Å². The maximum absolute atomic E-state index is 11.4. The molecule has 0 saturated carbocycles. The van der Waals surface area contributed by atoms with Crippen LogP contribution < -0.4 is 11.1 Å². The summed E-state index contributed by atoms with van der Waals surface area (Å²) in [6.45, 7) is 0. The van der Waals surface area contributed by atoms with Crippen molar-refractivity contribution in [1.82, 2.24) is 20.4 Å². The first kappa shape index (κ1) is 8.63. The van der Waals surface area contributed by atoms with Gasteiger partial charge in [0.25, 0.3) is 5.91 Å². The van der Waals surface area contributed by atoms with Gasteiger partial charge in [-0.3, -0.25) is 15.2 Å². The molecule has 0 atom stereocenters. The van der Waals surface area contributed by atoms with E-state index in [1.807, 2.05) is 0 Å². The van der Waals surface area contributed by atoms with Crippen molar-refractivity contribution in [3.05, 3.63) is 18.0 Å². The normalized spacial score (nSPS) is 10.0. The van der Waals surface area contributed by atoms with Crippen LogP contribution >= 0.6 is 11.3 Å². The molecule has 7 nitrogen and oxygen atoms in total. The van der Waals surface area contributed by atoms with Gasteiger partial charge in [0, 0.05) is 6.20 Å². The molecule has 2 aromatic rings. The van der Waals surface area contributed by atoms with Gasteiger partial charge in [0.05, 0.1) is 0 Å². The summed E-state index contributed by atoms with van der Waals surface area (Å²) >= 11 is 1.10. The van der Waals surface area contributed by atoms with Crippen LogP contribution in [0.25, 0.3) is 0 Å². The number of carbonyl (C=O) groups is 1. The third-order valence-corrected chi connectivity index (χ3v) is 2.07. The van der Waals surface area contributed by atoms with Crippen molar-refractivity contribution in [3.63, 3.8) is 0 Å². The molecule has 0 fully saturated rings. The molecule has 0 spiro atoms.